The Hall–Kier alpha value is -2.74. The summed E-state index contributed by atoms with van der Waals surface area (Å²) >= 11 is 1.71. The molecule has 0 spiro atoms. The number of hydrogen-bond acceptors (Lipinski definition) is 3. The Bertz CT molecular complexity index is 1040. The molecule has 4 nitrogen and oxygen atoms in total. The third kappa shape index (κ3) is 3.40. The molecule has 1 N–H and O–H groups in total. The summed E-state index contributed by atoms with van der Waals surface area (Å²) in [6.45, 7) is 1.96. The first-order chi connectivity index (χ1) is 13.3. The Kier molecular flexibility index (Phi) is 4.66. The van der Waals surface area contributed by atoms with E-state index in [2.05, 4.69) is 10.4 Å². The van der Waals surface area contributed by atoms with E-state index in [1.165, 1.54) is 12.1 Å². The number of aryl methyl sites for hydroxylation is 1. The first-order valence-corrected chi connectivity index (χ1v) is 9.73. The highest BCUT2D eigenvalue weighted by Crippen LogP contribution is 2.37. The van der Waals surface area contributed by atoms with Gasteiger partial charge in [-0.3, -0.25) is 4.79 Å². The summed E-state index contributed by atoms with van der Waals surface area (Å²) in [7, 11) is 0. The number of nitrogens with one attached hydrogen (secondary N) is 1. The fraction of sp³-hybridized carbons (Fsp3) is 0.200. The van der Waals surface area contributed by atoms with Gasteiger partial charge in [-0.1, -0.05) is 18.2 Å². The van der Waals surface area contributed by atoms with Crippen molar-refractivity contribution in [3.05, 3.63) is 76.5 Å². The Balaban J connectivity index is 1.68. The number of aromatic nitrogens is 2. The number of benzene rings is 2. The number of para-hydroxylation sites is 1. The first-order valence-electron chi connectivity index (χ1n) is 8.58. The van der Waals surface area contributed by atoms with Gasteiger partial charge in [0.15, 0.2) is 0 Å². The average molecular weight is 403 g/mol. The number of thioether (sulfide) groups is 1. The number of carbonyl (C=O) groups excluding carboxylic acids is 1. The van der Waals surface area contributed by atoms with Crippen molar-refractivity contribution in [2.45, 2.75) is 24.6 Å². The van der Waals surface area contributed by atoms with Gasteiger partial charge in [0, 0.05) is 22.6 Å². The predicted octanol–water partition coefficient (Wildman–Crippen LogP) is 5.20. The van der Waals surface area contributed by atoms with Crippen LogP contribution in [0.4, 0.5) is 19.0 Å². The summed E-state index contributed by atoms with van der Waals surface area (Å²) in [5, 5.41) is 7.51. The molecule has 0 atom stereocenters. The van der Waals surface area contributed by atoms with Gasteiger partial charge in [-0.25, -0.2) is 4.68 Å². The predicted molar refractivity (Wildman–Crippen MR) is 103 cm³/mol. The van der Waals surface area contributed by atoms with Crippen molar-refractivity contribution in [1.82, 2.24) is 9.78 Å². The molecule has 2 heterocycles. The zero-order valence-electron chi connectivity index (χ0n) is 14.9. The van der Waals surface area contributed by atoms with Crippen molar-refractivity contribution in [2.24, 2.45) is 0 Å². The largest absolute Gasteiger partial charge is 0.416 e. The molecule has 28 heavy (non-hydrogen) atoms. The molecular formula is C20H16F3N3OS. The highest BCUT2D eigenvalue weighted by atomic mass is 32.2. The lowest BCUT2D eigenvalue weighted by atomic mass is 10.1. The molecule has 0 aliphatic carbocycles. The summed E-state index contributed by atoms with van der Waals surface area (Å²) in [5.74, 6) is 1.59. The molecule has 0 saturated heterocycles. The number of amides is 1. The SMILES string of the molecule is Cc1ccccc1-n1nc2c(c1NC(=O)c1ccc(C(F)(F)F)cc1)CSC2. The highest BCUT2D eigenvalue weighted by molar-refractivity contribution is 7.98. The van der Waals surface area contributed by atoms with E-state index in [0.717, 1.165) is 46.1 Å². The van der Waals surface area contributed by atoms with Crippen LogP contribution in [0, 0.1) is 6.92 Å². The maximum absolute atomic E-state index is 12.7. The van der Waals surface area contributed by atoms with E-state index < -0.39 is 17.6 Å². The standard InChI is InChI=1S/C20H16F3N3OS/c1-12-4-2-3-5-17(12)26-18(15-10-28-11-16(15)25-26)24-19(27)13-6-8-14(9-7-13)20(21,22)23/h2-9H,10-11H2,1H3,(H,24,27). The topological polar surface area (TPSA) is 46.9 Å². The van der Waals surface area contributed by atoms with Crippen LogP contribution in [0.5, 0.6) is 0 Å². The quantitative estimate of drug-likeness (QED) is 0.654. The molecule has 1 aromatic heterocycles. The van der Waals surface area contributed by atoms with Crippen LogP contribution in [0.3, 0.4) is 0 Å². The number of alkyl halides is 3. The van der Waals surface area contributed by atoms with Gasteiger partial charge >= 0.3 is 6.18 Å². The van der Waals surface area contributed by atoms with Crippen LogP contribution in [-0.4, -0.2) is 15.7 Å². The fourth-order valence-corrected chi connectivity index (χ4v) is 4.14. The van der Waals surface area contributed by atoms with Gasteiger partial charge in [-0.15, -0.1) is 0 Å². The van der Waals surface area contributed by atoms with Crippen LogP contribution in [0.1, 0.15) is 32.7 Å². The van der Waals surface area contributed by atoms with E-state index in [1.807, 2.05) is 31.2 Å². The van der Waals surface area contributed by atoms with Crippen LogP contribution in [0.25, 0.3) is 5.69 Å². The van der Waals surface area contributed by atoms with E-state index in [4.69, 9.17) is 0 Å². The Labute approximate surface area is 163 Å². The van der Waals surface area contributed by atoms with Crippen molar-refractivity contribution in [2.75, 3.05) is 5.32 Å². The van der Waals surface area contributed by atoms with Gasteiger partial charge in [-0.05, 0) is 42.8 Å². The molecule has 8 heteroatoms. The Morgan fingerprint density at radius 2 is 1.82 bits per heavy atom. The van der Waals surface area contributed by atoms with Crippen molar-refractivity contribution in [3.8, 4) is 5.69 Å². The number of nitrogens with zero attached hydrogens (tertiary/aromatic N) is 2. The van der Waals surface area contributed by atoms with E-state index in [1.54, 1.807) is 16.4 Å². The van der Waals surface area contributed by atoms with Crippen LogP contribution in [0.15, 0.2) is 48.5 Å². The average Bonchev–Trinajstić information content (AvgIpc) is 3.24. The van der Waals surface area contributed by atoms with Crippen molar-refractivity contribution < 1.29 is 18.0 Å². The van der Waals surface area contributed by atoms with Crippen LogP contribution >= 0.6 is 11.8 Å². The minimum absolute atomic E-state index is 0.157. The molecule has 0 saturated carbocycles. The molecule has 4 rings (SSSR count). The molecule has 1 aliphatic heterocycles. The molecule has 0 unspecified atom stereocenters. The maximum Gasteiger partial charge on any atom is 0.416 e. The lowest BCUT2D eigenvalue weighted by Gasteiger charge is -2.13. The third-order valence-corrected chi connectivity index (χ3v) is 5.57. The Morgan fingerprint density at radius 1 is 1.11 bits per heavy atom. The molecule has 3 aromatic rings. The van der Waals surface area contributed by atoms with E-state index in [9.17, 15) is 18.0 Å². The molecule has 2 aromatic carbocycles. The number of fused-ring (bicyclic) bond motifs is 1. The lowest BCUT2D eigenvalue weighted by Crippen LogP contribution is -2.17. The van der Waals surface area contributed by atoms with Gasteiger partial charge in [0.25, 0.3) is 5.91 Å². The number of hydrogen-bond donors (Lipinski definition) is 1. The van der Waals surface area contributed by atoms with Gasteiger partial charge in [0.2, 0.25) is 0 Å². The van der Waals surface area contributed by atoms with Crippen molar-refractivity contribution in [1.29, 1.82) is 0 Å². The summed E-state index contributed by atoms with van der Waals surface area (Å²) in [6, 6.07) is 11.9. The number of rotatable bonds is 3. The van der Waals surface area contributed by atoms with E-state index >= 15 is 0 Å². The van der Waals surface area contributed by atoms with Crippen LogP contribution in [-0.2, 0) is 17.7 Å². The first kappa shape index (κ1) is 18.6. The molecule has 0 fully saturated rings. The number of halogens is 3. The maximum atomic E-state index is 12.7. The Morgan fingerprint density at radius 3 is 2.50 bits per heavy atom. The lowest BCUT2D eigenvalue weighted by molar-refractivity contribution is -0.137. The molecule has 1 amide bonds. The number of anilines is 1. The normalized spacial score (nSPS) is 13.4. The van der Waals surface area contributed by atoms with Gasteiger partial charge in [0.05, 0.1) is 16.9 Å². The summed E-state index contributed by atoms with van der Waals surface area (Å²) in [6.07, 6.45) is -4.43. The summed E-state index contributed by atoms with van der Waals surface area (Å²) in [4.78, 5) is 12.7. The van der Waals surface area contributed by atoms with Gasteiger partial charge < -0.3 is 5.32 Å². The zero-order valence-corrected chi connectivity index (χ0v) is 15.7. The van der Waals surface area contributed by atoms with E-state index in [0.29, 0.717) is 5.82 Å². The van der Waals surface area contributed by atoms with Crippen LogP contribution < -0.4 is 5.32 Å². The summed E-state index contributed by atoms with van der Waals surface area (Å²) < 4.78 is 39.9. The number of carbonyl (C=O) groups is 1. The van der Waals surface area contributed by atoms with Gasteiger partial charge in [-0.2, -0.15) is 30.0 Å². The van der Waals surface area contributed by atoms with E-state index in [-0.39, 0.29) is 5.56 Å². The van der Waals surface area contributed by atoms with Crippen LogP contribution in [0.2, 0.25) is 0 Å². The molecule has 0 bridgehead atoms. The zero-order chi connectivity index (χ0) is 19.9. The second-order valence-corrected chi connectivity index (χ2v) is 7.48. The molecule has 0 radical (unpaired) electrons. The second kappa shape index (κ2) is 7.01. The smallest absolute Gasteiger partial charge is 0.306 e. The molecule has 144 valence electrons. The highest BCUT2D eigenvalue weighted by Gasteiger charge is 2.30. The minimum atomic E-state index is -4.43. The monoisotopic (exact) mass is 403 g/mol. The second-order valence-electron chi connectivity index (χ2n) is 6.49. The minimum Gasteiger partial charge on any atom is -0.306 e. The third-order valence-electron chi connectivity index (χ3n) is 4.60. The van der Waals surface area contributed by atoms with Crippen molar-refractivity contribution in [3.63, 3.8) is 0 Å². The molecular weight excluding hydrogens is 387 g/mol. The fourth-order valence-electron chi connectivity index (χ4n) is 3.11. The van der Waals surface area contributed by atoms with Crippen molar-refractivity contribution >= 4 is 23.5 Å². The summed E-state index contributed by atoms with van der Waals surface area (Å²) in [5.41, 5.74) is 3.09. The molecule has 1 aliphatic rings. The van der Waals surface area contributed by atoms with Gasteiger partial charge in [0.1, 0.15) is 5.82 Å².